The summed E-state index contributed by atoms with van der Waals surface area (Å²) in [5.41, 5.74) is 1.47. The standard InChI is InChI=1S/C16H19N3O3S/c1-11-14(9-17-10-18-11)15(20)19-23(21,22)13-7-5-12(6-8-13)16(2,3)4/h5-10H,1-4H3,(H,19,20). The van der Waals surface area contributed by atoms with E-state index in [-0.39, 0.29) is 15.9 Å². The van der Waals surface area contributed by atoms with Crippen LogP contribution in [0.1, 0.15) is 42.4 Å². The van der Waals surface area contributed by atoms with Gasteiger partial charge in [-0.25, -0.2) is 23.1 Å². The van der Waals surface area contributed by atoms with Crippen LogP contribution in [0, 0.1) is 6.92 Å². The predicted octanol–water partition coefficient (Wildman–Crippen LogP) is 2.20. The first-order chi connectivity index (χ1) is 10.6. The Bertz CT molecular complexity index is 822. The molecule has 0 spiro atoms. The second-order valence-electron chi connectivity index (χ2n) is 6.23. The molecule has 7 heteroatoms. The van der Waals surface area contributed by atoms with Crippen molar-refractivity contribution in [1.82, 2.24) is 14.7 Å². The summed E-state index contributed by atoms with van der Waals surface area (Å²) >= 11 is 0. The minimum absolute atomic E-state index is 0.0355. The summed E-state index contributed by atoms with van der Waals surface area (Å²) < 4.78 is 26.7. The molecule has 0 saturated heterocycles. The van der Waals surface area contributed by atoms with Gasteiger partial charge in [0.25, 0.3) is 15.9 Å². The van der Waals surface area contributed by atoms with Crippen molar-refractivity contribution in [2.24, 2.45) is 0 Å². The van der Waals surface area contributed by atoms with Crippen LogP contribution < -0.4 is 4.72 Å². The molecule has 1 N–H and O–H groups in total. The zero-order valence-electron chi connectivity index (χ0n) is 13.5. The van der Waals surface area contributed by atoms with Gasteiger partial charge in [-0.05, 0) is 30.0 Å². The number of amides is 1. The second-order valence-corrected chi connectivity index (χ2v) is 7.91. The molecule has 1 heterocycles. The predicted molar refractivity (Wildman–Crippen MR) is 86.6 cm³/mol. The van der Waals surface area contributed by atoms with Gasteiger partial charge in [-0.1, -0.05) is 32.9 Å². The maximum atomic E-state index is 12.3. The molecule has 0 atom stereocenters. The first kappa shape index (κ1) is 17.1. The summed E-state index contributed by atoms with van der Waals surface area (Å²) in [5.74, 6) is -0.747. The summed E-state index contributed by atoms with van der Waals surface area (Å²) in [4.78, 5) is 19.8. The molecule has 2 rings (SSSR count). The number of rotatable bonds is 3. The van der Waals surface area contributed by atoms with E-state index in [9.17, 15) is 13.2 Å². The molecule has 1 aromatic heterocycles. The van der Waals surface area contributed by atoms with Crippen LogP contribution in [0.3, 0.4) is 0 Å². The summed E-state index contributed by atoms with van der Waals surface area (Å²) in [5, 5.41) is 0. The molecular formula is C16H19N3O3S. The van der Waals surface area contributed by atoms with Crippen LogP contribution in [0.4, 0.5) is 0 Å². The molecule has 0 saturated carbocycles. The third kappa shape index (κ3) is 3.92. The van der Waals surface area contributed by atoms with Crippen molar-refractivity contribution in [3.63, 3.8) is 0 Å². The molecule has 1 amide bonds. The van der Waals surface area contributed by atoms with Crippen molar-refractivity contribution in [1.29, 1.82) is 0 Å². The Balaban J connectivity index is 2.26. The van der Waals surface area contributed by atoms with Crippen LogP contribution >= 0.6 is 0 Å². The second kappa shape index (κ2) is 6.08. The number of benzene rings is 1. The molecule has 122 valence electrons. The minimum Gasteiger partial charge on any atom is -0.268 e. The first-order valence-electron chi connectivity index (χ1n) is 7.05. The van der Waals surface area contributed by atoms with Gasteiger partial charge in [0.05, 0.1) is 16.2 Å². The van der Waals surface area contributed by atoms with Gasteiger partial charge < -0.3 is 0 Å². The number of nitrogens with zero attached hydrogens (tertiary/aromatic N) is 2. The monoisotopic (exact) mass is 333 g/mol. The van der Waals surface area contributed by atoms with Crippen LogP contribution in [-0.2, 0) is 15.4 Å². The summed E-state index contributed by atoms with van der Waals surface area (Å²) in [6, 6.07) is 6.47. The van der Waals surface area contributed by atoms with Gasteiger partial charge in [0.1, 0.15) is 6.33 Å². The topological polar surface area (TPSA) is 89.0 Å². The summed E-state index contributed by atoms with van der Waals surface area (Å²) in [6.07, 6.45) is 2.59. The van der Waals surface area contributed by atoms with Crippen LogP contribution in [0.2, 0.25) is 0 Å². The van der Waals surface area contributed by atoms with Crippen molar-refractivity contribution in [2.45, 2.75) is 38.0 Å². The van der Waals surface area contributed by atoms with E-state index in [1.165, 1.54) is 24.7 Å². The quantitative estimate of drug-likeness (QED) is 0.930. The SMILES string of the molecule is Cc1ncncc1C(=O)NS(=O)(=O)c1ccc(C(C)(C)C)cc1. The molecule has 0 radical (unpaired) electrons. The van der Waals surface area contributed by atoms with E-state index >= 15 is 0 Å². The maximum Gasteiger partial charge on any atom is 0.268 e. The van der Waals surface area contributed by atoms with Crippen molar-refractivity contribution in [3.8, 4) is 0 Å². The first-order valence-corrected chi connectivity index (χ1v) is 8.54. The van der Waals surface area contributed by atoms with Gasteiger partial charge in [0.2, 0.25) is 0 Å². The highest BCUT2D eigenvalue weighted by molar-refractivity contribution is 7.90. The number of nitrogens with one attached hydrogen (secondary N) is 1. The number of aromatic nitrogens is 2. The van der Waals surface area contributed by atoms with E-state index in [2.05, 4.69) is 9.97 Å². The van der Waals surface area contributed by atoms with Gasteiger partial charge in [0, 0.05) is 6.20 Å². The number of carbonyl (C=O) groups is 1. The zero-order valence-corrected chi connectivity index (χ0v) is 14.3. The normalized spacial score (nSPS) is 12.0. The highest BCUT2D eigenvalue weighted by Crippen LogP contribution is 2.23. The molecule has 0 fully saturated rings. The Morgan fingerprint density at radius 3 is 2.26 bits per heavy atom. The molecule has 23 heavy (non-hydrogen) atoms. The molecule has 0 aliphatic heterocycles. The fourth-order valence-corrected chi connectivity index (χ4v) is 2.95. The van der Waals surface area contributed by atoms with E-state index < -0.39 is 15.9 Å². The lowest BCUT2D eigenvalue weighted by Crippen LogP contribution is -2.31. The highest BCUT2D eigenvalue weighted by Gasteiger charge is 2.21. The third-order valence-corrected chi connectivity index (χ3v) is 4.76. The lowest BCUT2D eigenvalue weighted by Gasteiger charge is -2.19. The Labute approximate surface area is 136 Å². The molecule has 1 aromatic carbocycles. The Kier molecular flexibility index (Phi) is 4.51. The smallest absolute Gasteiger partial charge is 0.268 e. The molecule has 2 aromatic rings. The number of sulfonamides is 1. The number of hydrogen-bond acceptors (Lipinski definition) is 5. The van der Waals surface area contributed by atoms with Gasteiger partial charge in [-0.2, -0.15) is 0 Å². The number of carbonyl (C=O) groups excluding carboxylic acids is 1. The van der Waals surface area contributed by atoms with E-state index in [1.807, 2.05) is 25.5 Å². The molecule has 0 unspecified atom stereocenters. The Morgan fingerprint density at radius 1 is 1.13 bits per heavy atom. The minimum atomic E-state index is -3.94. The van der Waals surface area contributed by atoms with Crippen molar-refractivity contribution in [2.75, 3.05) is 0 Å². The largest absolute Gasteiger partial charge is 0.268 e. The van der Waals surface area contributed by atoms with E-state index in [0.717, 1.165) is 5.56 Å². The van der Waals surface area contributed by atoms with Gasteiger partial charge in [-0.3, -0.25) is 4.79 Å². The van der Waals surface area contributed by atoms with E-state index in [4.69, 9.17) is 0 Å². The molecule has 0 aliphatic rings. The average molecular weight is 333 g/mol. The lowest BCUT2D eigenvalue weighted by molar-refractivity contribution is 0.0980. The third-order valence-electron chi connectivity index (χ3n) is 3.41. The molecule has 0 bridgehead atoms. The van der Waals surface area contributed by atoms with Gasteiger partial charge in [-0.15, -0.1) is 0 Å². The summed E-state index contributed by atoms with van der Waals surface area (Å²) in [7, 11) is -3.94. The molecule has 0 aliphatic carbocycles. The average Bonchev–Trinajstić information content (AvgIpc) is 2.46. The number of hydrogen-bond donors (Lipinski definition) is 1. The van der Waals surface area contributed by atoms with Gasteiger partial charge >= 0.3 is 0 Å². The molecular weight excluding hydrogens is 314 g/mol. The fourth-order valence-electron chi connectivity index (χ4n) is 1.98. The lowest BCUT2D eigenvalue weighted by atomic mass is 9.87. The Hall–Kier alpha value is -2.28. The van der Waals surface area contributed by atoms with Crippen LogP contribution in [0.25, 0.3) is 0 Å². The van der Waals surface area contributed by atoms with E-state index in [0.29, 0.717) is 5.69 Å². The summed E-state index contributed by atoms with van der Waals surface area (Å²) in [6.45, 7) is 7.73. The Morgan fingerprint density at radius 2 is 1.74 bits per heavy atom. The van der Waals surface area contributed by atoms with Crippen molar-refractivity contribution >= 4 is 15.9 Å². The van der Waals surface area contributed by atoms with Gasteiger partial charge in [0.15, 0.2) is 0 Å². The number of aryl methyl sites for hydroxylation is 1. The molecule has 6 nitrogen and oxygen atoms in total. The zero-order chi connectivity index (χ0) is 17.3. The van der Waals surface area contributed by atoms with Crippen LogP contribution in [-0.4, -0.2) is 24.3 Å². The van der Waals surface area contributed by atoms with Crippen LogP contribution in [0.5, 0.6) is 0 Å². The highest BCUT2D eigenvalue weighted by atomic mass is 32.2. The van der Waals surface area contributed by atoms with Crippen LogP contribution in [0.15, 0.2) is 41.7 Å². The van der Waals surface area contributed by atoms with Crippen molar-refractivity contribution < 1.29 is 13.2 Å². The van der Waals surface area contributed by atoms with E-state index in [1.54, 1.807) is 19.1 Å². The maximum absolute atomic E-state index is 12.3. The van der Waals surface area contributed by atoms with Crippen molar-refractivity contribution in [3.05, 3.63) is 53.6 Å². The fraction of sp³-hybridized carbons (Fsp3) is 0.312.